The summed E-state index contributed by atoms with van der Waals surface area (Å²) >= 11 is 0. The van der Waals surface area contributed by atoms with Crippen LogP contribution in [0.15, 0.2) is 85.3 Å². The highest BCUT2D eigenvalue weighted by molar-refractivity contribution is 5.82. The third kappa shape index (κ3) is 7.32. The minimum atomic E-state index is -4.78. The van der Waals surface area contributed by atoms with E-state index >= 15 is 0 Å². The molecule has 0 bridgehead atoms. The van der Waals surface area contributed by atoms with Gasteiger partial charge in [0.1, 0.15) is 5.75 Å². The number of halogens is 3. The molecule has 3 aromatic carbocycles. The van der Waals surface area contributed by atoms with Gasteiger partial charge >= 0.3 is 6.36 Å². The summed E-state index contributed by atoms with van der Waals surface area (Å²) in [7, 11) is 0. The van der Waals surface area contributed by atoms with Crippen molar-refractivity contribution in [3.05, 3.63) is 119 Å². The zero-order valence-electron chi connectivity index (χ0n) is 22.1. The minimum Gasteiger partial charge on any atom is -0.406 e. The smallest absolute Gasteiger partial charge is 0.406 e. The lowest BCUT2D eigenvalue weighted by atomic mass is 9.93. The van der Waals surface area contributed by atoms with Gasteiger partial charge in [0.25, 0.3) is 0 Å². The fourth-order valence-electron chi connectivity index (χ4n) is 5.09. The van der Waals surface area contributed by atoms with Crippen LogP contribution in [-0.2, 0) is 37.3 Å². The van der Waals surface area contributed by atoms with Gasteiger partial charge in [0.15, 0.2) is 0 Å². The molecule has 0 saturated carbocycles. The maximum atomic E-state index is 13.5. The molecule has 10 heteroatoms. The molecule has 0 aliphatic carbocycles. The number of amides is 1. The maximum absolute atomic E-state index is 13.5. The largest absolute Gasteiger partial charge is 0.573 e. The number of carbonyl (C=O) groups excluding carboxylic acids is 1. The zero-order valence-corrected chi connectivity index (χ0v) is 22.1. The number of rotatable bonds is 9. The Morgan fingerprint density at radius 3 is 2.56 bits per heavy atom. The van der Waals surface area contributed by atoms with Crippen molar-refractivity contribution < 1.29 is 22.7 Å². The van der Waals surface area contributed by atoms with Gasteiger partial charge in [-0.15, -0.1) is 13.2 Å². The van der Waals surface area contributed by atoms with Gasteiger partial charge in [-0.1, -0.05) is 48.5 Å². The van der Waals surface area contributed by atoms with Gasteiger partial charge in [-0.05, 0) is 52.9 Å². The molecule has 1 N–H and O–H groups in total. The molecule has 1 aliphatic rings. The zero-order chi connectivity index (χ0) is 28.8. The lowest BCUT2D eigenvalue weighted by molar-refractivity contribution is -0.274. The minimum absolute atomic E-state index is 0.139. The molecule has 0 radical (unpaired) electrons. The number of carbonyl (C=O) groups is 1. The van der Waals surface area contributed by atoms with E-state index in [0.29, 0.717) is 50.1 Å². The molecule has 210 valence electrons. The van der Waals surface area contributed by atoms with E-state index in [0.717, 1.165) is 22.4 Å². The fraction of sp³-hybridized carbons (Fsp3) is 0.258. The van der Waals surface area contributed by atoms with E-state index in [1.165, 1.54) is 18.2 Å². The van der Waals surface area contributed by atoms with Gasteiger partial charge in [-0.3, -0.25) is 9.69 Å². The van der Waals surface area contributed by atoms with E-state index in [9.17, 15) is 18.0 Å². The number of nitrogens with zero attached hydrogens (tertiary/aromatic N) is 4. The summed E-state index contributed by atoms with van der Waals surface area (Å²) < 4.78 is 44.3. The number of aromatic nitrogens is 2. The summed E-state index contributed by atoms with van der Waals surface area (Å²) in [6.45, 7) is 1.78. The molecule has 1 amide bonds. The first-order valence-corrected chi connectivity index (χ1v) is 13.2. The van der Waals surface area contributed by atoms with Crippen molar-refractivity contribution in [3.8, 4) is 11.8 Å². The number of ether oxygens (including phenoxy) is 1. The number of nitrogens with one attached hydrogen (secondary N) is 1. The molecule has 2 heterocycles. The lowest BCUT2D eigenvalue weighted by Crippen LogP contribution is -2.50. The van der Waals surface area contributed by atoms with E-state index in [-0.39, 0.29) is 11.7 Å². The Morgan fingerprint density at radius 1 is 1.02 bits per heavy atom. The van der Waals surface area contributed by atoms with E-state index in [4.69, 9.17) is 5.26 Å². The highest BCUT2D eigenvalue weighted by Gasteiger charge is 2.33. The van der Waals surface area contributed by atoms with Crippen molar-refractivity contribution in [1.82, 2.24) is 19.8 Å². The molecule has 0 fully saturated rings. The normalized spacial score (nSPS) is 15.1. The first-order chi connectivity index (χ1) is 19.8. The maximum Gasteiger partial charge on any atom is 0.573 e. The van der Waals surface area contributed by atoms with Crippen LogP contribution in [0.3, 0.4) is 0 Å². The van der Waals surface area contributed by atoms with Crippen LogP contribution in [-0.4, -0.2) is 39.3 Å². The van der Waals surface area contributed by atoms with Crippen molar-refractivity contribution >= 4 is 5.91 Å². The van der Waals surface area contributed by atoms with Crippen LogP contribution in [0.4, 0.5) is 13.2 Å². The Morgan fingerprint density at radius 2 is 1.80 bits per heavy atom. The Labute approximate surface area is 235 Å². The average molecular weight is 560 g/mol. The van der Waals surface area contributed by atoms with Crippen LogP contribution < -0.4 is 10.1 Å². The van der Waals surface area contributed by atoms with Crippen molar-refractivity contribution in [2.75, 3.05) is 6.54 Å². The molecular formula is C31H28F3N5O2. The van der Waals surface area contributed by atoms with E-state index in [2.05, 4.69) is 21.1 Å². The number of alkyl halides is 3. The van der Waals surface area contributed by atoms with Crippen LogP contribution in [0, 0.1) is 11.3 Å². The molecule has 7 nitrogen and oxygen atoms in total. The van der Waals surface area contributed by atoms with Gasteiger partial charge in [0.2, 0.25) is 5.91 Å². The monoisotopic (exact) mass is 559 g/mol. The van der Waals surface area contributed by atoms with Crippen LogP contribution in [0.2, 0.25) is 0 Å². The Bertz CT molecular complexity index is 1540. The number of benzene rings is 3. The molecule has 4 aromatic rings. The van der Waals surface area contributed by atoms with Gasteiger partial charge < -0.3 is 14.6 Å². The summed E-state index contributed by atoms with van der Waals surface area (Å²) in [5, 5.41) is 12.1. The quantitative estimate of drug-likeness (QED) is 0.313. The second-order valence-electron chi connectivity index (χ2n) is 9.95. The average Bonchev–Trinajstić information content (AvgIpc) is 3.39. The van der Waals surface area contributed by atoms with Crippen molar-refractivity contribution in [3.63, 3.8) is 0 Å². The second-order valence-corrected chi connectivity index (χ2v) is 9.95. The van der Waals surface area contributed by atoms with Gasteiger partial charge in [-0.2, -0.15) is 5.26 Å². The molecule has 5 rings (SSSR count). The highest BCUT2D eigenvalue weighted by atomic mass is 19.4. The van der Waals surface area contributed by atoms with Crippen LogP contribution in [0.5, 0.6) is 5.75 Å². The molecule has 41 heavy (non-hydrogen) atoms. The molecular weight excluding hydrogens is 531 g/mol. The fourth-order valence-corrected chi connectivity index (χ4v) is 5.09. The van der Waals surface area contributed by atoms with Gasteiger partial charge in [0, 0.05) is 44.5 Å². The van der Waals surface area contributed by atoms with E-state index in [1.807, 2.05) is 45.9 Å². The molecule has 1 atom stereocenters. The summed E-state index contributed by atoms with van der Waals surface area (Å²) in [5.74, 6) is -0.425. The van der Waals surface area contributed by atoms with Gasteiger partial charge in [0.05, 0.1) is 24.0 Å². The predicted molar refractivity (Wildman–Crippen MR) is 146 cm³/mol. The topological polar surface area (TPSA) is 83.2 Å². The number of nitriles is 1. The third-order valence-electron chi connectivity index (χ3n) is 7.08. The molecule has 0 saturated heterocycles. The summed E-state index contributed by atoms with van der Waals surface area (Å²) in [4.78, 5) is 19.7. The number of hydrogen-bond acceptors (Lipinski definition) is 5. The third-order valence-corrected chi connectivity index (χ3v) is 7.08. The van der Waals surface area contributed by atoms with E-state index in [1.54, 1.807) is 30.7 Å². The predicted octanol–water partition coefficient (Wildman–Crippen LogP) is 4.99. The molecule has 1 aliphatic heterocycles. The highest BCUT2D eigenvalue weighted by Crippen LogP contribution is 2.28. The number of imidazole rings is 1. The summed E-state index contributed by atoms with van der Waals surface area (Å²) in [6, 6.07) is 22.8. The molecule has 1 aromatic heterocycles. The van der Waals surface area contributed by atoms with E-state index < -0.39 is 12.4 Å². The molecule has 1 unspecified atom stereocenters. The Hall–Kier alpha value is -4.62. The second kappa shape index (κ2) is 12.3. The number of hydrogen-bond donors (Lipinski definition) is 1. The number of fused-ring (bicyclic) bond motifs is 1. The molecule has 0 spiro atoms. The Kier molecular flexibility index (Phi) is 8.36. The Balaban J connectivity index is 1.24. The summed E-state index contributed by atoms with van der Waals surface area (Å²) in [5.41, 5.74) is 5.39. The van der Waals surface area contributed by atoms with Crippen LogP contribution in [0.25, 0.3) is 0 Å². The standard InChI is InChI=1S/C31H28F3N5O2/c32-31(33,34)41-28-7-3-4-24(14-28)19-38-20-26-6-2-1-5-25(26)15-29(38)30(40)37-13-12-27-17-36-21-39(27)18-23-10-8-22(16-35)9-11-23/h1-11,14,17,21,29H,12-13,15,18-20H2,(H,37,40). The van der Waals surface area contributed by atoms with Crippen molar-refractivity contribution in [1.29, 1.82) is 5.26 Å². The van der Waals surface area contributed by atoms with Crippen LogP contribution in [0.1, 0.15) is 33.5 Å². The SMILES string of the molecule is N#Cc1ccc(Cn2cncc2CCNC(=O)C2Cc3ccccc3CN2Cc2cccc(OC(F)(F)F)c2)cc1. The van der Waals surface area contributed by atoms with Crippen LogP contribution >= 0.6 is 0 Å². The first kappa shape index (κ1) is 27.9. The summed E-state index contributed by atoms with van der Waals surface area (Å²) in [6.07, 6.45) is -0.192. The van der Waals surface area contributed by atoms with Crippen molar-refractivity contribution in [2.45, 2.75) is 44.9 Å². The lowest BCUT2D eigenvalue weighted by Gasteiger charge is -2.36. The van der Waals surface area contributed by atoms with Gasteiger partial charge in [-0.25, -0.2) is 4.98 Å². The van der Waals surface area contributed by atoms with Crippen molar-refractivity contribution in [2.24, 2.45) is 0 Å². The first-order valence-electron chi connectivity index (χ1n) is 13.2.